The molecule has 0 heterocycles. The van der Waals surface area contributed by atoms with Crippen molar-refractivity contribution in [3.8, 4) is 5.75 Å². The van der Waals surface area contributed by atoms with Crippen LogP contribution in [0.3, 0.4) is 0 Å². The van der Waals surface area contributed by atoms with Gasteiger partial charge in [0.2, 0.25) is 0 Å². The Hall–Kier alpha value is -1.55. The summed E-state index contributed by atoms with van der Waals surface area (Å²) >= 11 is 0. The van der Waals surface area contributed by atoms with Crippen molar-refractivity contribution < 1.29 is 15.0 Å². The Balaban J connectivity index is 2.88. The molecule has 1 atom stereocenters. The van der Waals surface area contributed by atoms with Crippen LogP contribution in [0, 0.1) is 5.92 Å². The molecule has 0 aliphatic rings. The molecule has 3 N–H and O–H groups in total. The number of aromatic hydroxyl groups is 1. The van der Waals surface area contributed by atoms with E-state index in [0.717, 1.165) is 5.56 Å². The number of nitrogens with one attached hydrogen (secondary N) is 1. The Morgan fingerprint density at radius 3 is 2.58 bits per heavy atom. The maximum atomic E-state index is 12.2. The van der Waals surface area contributed by atoms with Gasteiger partial charge in [0.15, 0.2) is 0 Å². The van der Waals surface area contributed by atoms with Crippen LogP contribution in [-0.4, -0.2) is 28.8 Å². The number of rotatable bonds is 6. The molecule has 0 spiro atoms. The number of hydrogen-bond acceptors (Lipinski definition) is 3. The molecule has 19 heavy (non-hydrogen) atoms. The summed E-state index contributed by atoms with van der Waals surface area (Å²) in [5.41, 5.74) is 1.05. The van der Waals surface area contributed by atoms with Crippen molar-refractivity contribution in [2.75, 3.05) is 6.61 Å². The van der Waals surface area contributed by atoms with Gasteiger partial charge in [-0.05, 0) is 30.4 Å². The Morgan fingerprint density at radius 2 is 2.05 bits per heavy atom. The van der Waals surface area contributed by atoms with Gasteiger partial charge in [-0.2, -0.15) is 0 Å². The van der Waals surface area contributed by atoms with E-state index in [9.17, 15) is 9.90 Å². The zero-order chi connectivity index (χ0) is 14.4. The molecular formula is C15H23NO3. The highest BCUT2D eigenvalue weighted by Gasteiger charge is 2.19. The number of amides is 1. The molecule has 0 aromatic heterocycles. The van der Waals surface area contributed by atoms with Gasteiger partial charge in [0, 0.05) is 12.6 Å². The van der Waals surface area contributed by atoms with Gasteiger partial charge < -0.3 is 15.5 Å². The standard InChI is InChI=1S/C15H23NO3/c1-4-11-6-5-7-12(14(11)18)15(19)16-13(8-9-17)10(2)3/h5-7,10,13,17-18H,4,8-9H2,1-3H3,(H,16,19). The van der Waals surface area contributed by atoms with Gasteiger partial charge >= 0.3 is 0 Å². The average molecular weight is 265 g/mol. The van der Waals surface area contributed by atoms with E-state index < -0.39 is 0 Å². The van der Waals surface area contributed by atoms with Crippen molar-refractivity contribution in [2.24, 2.45) is 5.92 Å². The molecule has 1 aromatic rings. The van der Waals surface area contributed by atoms with Crippen molar-refractivity contribution in [1.82, 2.24) is 5.32 Å². The molecule has 0 saturated carbocycles. The molecule has 0 saturated heterocycles. The molecule has 1 rings (SSSR count). The van der Waals surface area contributed by atoms with E-state index in [1.54, 1.807) is 18.2 Å². The minimum Gasteiger partial charge on any atom is -0.507 e. The van der Waals surface area contributed by atoms with Gasteiger partial charge in [0.1, 0.15) is 5.75 Å². The highest BCUT2D eigenvalue weighted by Crippen LogP contribution is 2.23. The minimum absolute atomic E-state index is 0.0319. The second-order valence-corrected chi connectivity index (χ2v) is 5.00. The van der Waals surface area contributed by atoms with Crippen LogP contribution in [0.25, 0.3) is 0 Å². The molecule has 1 aromatic carbocycles. The predicted octanol–water partition coefficient (Wildman–Crippen LogP) is 2.09. The number of benzene rings is 1. The van der Waals surface area contributed by atoms with E-state index in [4.69, 9.17) is 5.11 Å². The number of phenolic OH excluding ortho intramolecular Hbond substituents is 1. The minimum atomic E-state index is -0.292. The Morgan fingerprint density at radius 1 is 1.37 bits per heavy atom. The fraction of sp³-hybridized carbons (Fsp3) is 0.533. The quantitative estimate of drug-likeness (QED) is 0.737. The lowest BCUT2D eigenvalue weighted by Gasteiger charge is -2.22. The number of phenols is 1. The first-order chi connectivity index (χ1) is 9.01. The topological polar surface area (TPSA) is 69.6 Å². The molecular weight excluding hydrogens is 242 g/mol. The largest absolute Gasteiger partial charge is 0.507 e. The lowest BCUT2D eigenvalue weighted by atomic mass is 10.00. The molecule has 0 aliphatic carbocycles. The number of aliphatic hydroxyl groups is 1. The SMILES string of the molecule is CCc1cccc(C(=O)NC(CCO)C(C)C)c1O. The first-order valence-electron chi connectivity index (χ1n) is 6.73. The summed E-state index contributed by atoms with van der Waals surface area (Å²) in [6.45, 7) is 5.94. The normalized spacial score (nSPS) is 12.5. The smallest absolute Gasteiger partial charge is 0.255 e. The molecule has 0 bridgehead atoms. The van der Waals surface area contributed by atoms with E-state index >= 15 is 0 Å². The molecule has 4 nitrogen and oxygen atoms in total. The van der Waals surface area contributed by atoms with E-state index in [1.807, 2.05) is 20.8 Å². The first kappa shape index (κ1) is 15.5. The monoisotopic (exact) mass is 265 g/mol. The predicted molar refractivity (Wildman–Crippen MR) is 75.3 cm³/mol. The molecule has 0 aliphatic heterocycles. The fourth-order valence-electron chi connectivity index (χ4n) is 2.02. The third-order valence-electron chi connectivity index (χ3n) is 3.31. The maximum absolute atomic E-state index is 12.2. The van der Waals surface area contributed by atoms with Crippen molar-refractivity contribution in [2.45, 2.75) is 39.7 Å². The van der Waals surface area contributed by atoms with Crippen molar-refractivity contribution in [3.05, 3.63) is 29.3 Å². The summed E-state index contributed by atoms with van der Waals surface area (Å²) in [5, 5.41) is 21.9. The third-order valence-corrected chi connectivity index (χ3v) is 3.31. The van der Waals surface area contributed by atoms with Crippen LogP contribution in [-0.2, 0) is 6.42 Å². The summed E-state index contributed by atoms with van der Waals surface area (Å²) in [6, 6.07) is 5.09. The summed E-state index contributed by atoms with van der Waals surface area (Å²) < 4.78 is 0. The van der Waals surface area contributed by atoms with Gasteiger partial charge in [-0.15, -0.1) is 0 Å². The number of carbonyl (C=O) groups excluding carboxylic acids is 1. The fourth-order valence-corrected chi connectivity index (χ4v) is 2.02. The van der Waals surface area contributed by atoms with Crippen LogP contribution in [0.15, 0.2) is 18.2 Å². The zero-order valence-electron chi connectivity index (χ0n) is 11.8. The van der Waals surface area contributed by atoms with Crippen LogP contribution < -0.4 is 5.32 Å². The van der Waals surface area contributed by atoms with Gasteiger partial charge in [0.25, 0.3) is 5.91 Å². The van der Waals surface area contributed by atoms with Gasteiger partial charge in [-0.25, -0.2) is 0 Å². The van der Waals surface area contributed by atoms with E-state index in [0.29, 0.717) is 18.4 Å². The first-order valence-corrected chi connectivity index (χ1v) is 6.73. The highest BCUT2D eigenvalue weighted by atomic mass is 16.3. The maximum Gasteiger partial charge on any atom is 0.255 e. The molecule has 1 unspecified atom stereocenters. The number of aryl methyl sites for hydroxylation is 1. The molecule has 1 amide bonds. The Labute approximate surface area is 114 Å². The molecule has 0 radical (unpaired) electrons. The zero-order valence-corrected chi connectivity index (χ0v) is 11.8. The van der Waals surface area contributed by atoms with Crippen LogP contribution in [0.5, 0.6) is 5.75 Å². The van der Waals surface area contributed by atoms with Gasteiger partial charge in [0.05, 0.1) is 5.56 Å². The second kappa shape index (κ2) is 7.14. The van der Waals surface area contributed by atoms with Gasteiger partial charge in [-0.3, -0.25) is 4.79 Å². The summed E-state index contributed by atoms with van der Waals surface area (Å²) in [4.78, 5) is 12.2. The van der Waals surface area contributed by atoms with Crippen LogP contribution in [0.4, 0.5) is 0 Å². The Bertz CT molecular complexity index is 429. The lowest BCUT2D eigenvalue weighted by Crippen LogP contribution is -2.39. The van der Waals surface area contributed by atoms with Crippen LogP contribution in [0.1, 0.15) is 43.1 Å². The molecule has 0 fully saturated rings. The second-order valence-electron chi connectivity index (χ2n) is 5.00. The van der Waals surface area contributed by atoms with Gasteiger partial charge in [-0.1, -0.05) is 32.9 Å². The van der Waals surface area contributed by atoms with Crippen molar-refractivity contribution >= 4 is 5.91 Å². The summed E-state index contributed by atoms with van der Waals surface area (Å²) in [5.74, 6) is -0.0124. The van der Waals surface area contributed by atoms with Crippen LogP contribution >= 0.6 is 0 Å². The van der Waals surface area contributed by atoms with E-state index in [-0.39, 0.29) is 30.2 Å². The number of carbonyl (C=O) groups is 1. The van der Waals surface area contributed by atoms with Crippen molar-refractivity contribution in [3.63, 3.8) is 0 Å². The molecule has 106 valence electrons. The third kappa shape index (κ3) is 3.96. The highest BCUT2D eigenvalue weighted by molar-refractivity contribution is 5.97. The van der Waals surface area contributed by atoms with Crippen LogP contribution in [0.2, 0.25) is 0 Å². The number of para-hydroxylation sites is 1. The average Bonchev–Trinajstić information content (AvgIpc) is 2.38. The summed E-state index contributed by atoms with van der Waals surface area (Å²) in [7, 11) is 0. The van der Waals surface area contributed by atoms with Crippen molar-refractivity contribution in [1.29, 1.82) is 0 Å². The lowest BCUT2D eigenvalue weighted by molar-refractivity contribution is 0.0914. The number of hydrogen-bond donors (Lipinski definition) is 3. The number of aliphatic hydroxyl groups excluding tert-OH is 1. The Kier molecular flexibility index (Phi) is 5.83. The van der Waals surface area contributed by atoms with E-state index in [2.05, 4.69) is 5.32 Å². The van der Waals surface area contributed by atoms with E-state index in [1.165, 1.54) is 0 Å². The molecule has 4 heteroatoms. The summed E-state index contributed by atoms with van der Waals surface area (Å²) in [6.07, 6.45) is 1.19.